The summed E-state index contributed by atoms with van der Waals surface area (Å²) in [5.41, 5.74) is 4.37. The first kappa shape index (κ1) is 17.7. The highest BCUT2D eigenvalue weighted by Gasteiger charge is 2.14. The lowest BCUT2D eigenvalue weighted by atomic mass is 10.1. The highest BCUT2D eigenvalue weighted by Crippen LogP contribution is 2.19. The van der Waals surface area contributed by atoms with Crippen molar-refractivity contribution >= 4 is 17.6 Å². The minimum atomic E-state index is -0.424. The molecule has 0 bridgehead atoms. The van der Waals surface area contributed by atoms with E-state index in [4.69, 9.17) is 9.26 Å². The maximum atomic E-state index is 11.9. The number of carbonyl (C=O) groups excluding carboxylic acids is 2. The van der Waals surface area contributed by atoms with E-state index in [9.17, 15) is 9.59 Å². The number of ether oxygens (including phenoxy) is 1. The van der Waals surface area contributed by atoms with Crippen molar-refractivity contribution in [3.05, 3.63) is 46.3 Å². The monoisotopic (exact) mass is 330 g/mol. The molecule has 1 aromatic carbocycles. The van der Waals surface area contributed by atoms with E-state index in [1.54, 1.807) is 6.92 Å². The predicted octanol–water partition coefficient (Wildman–Crippen LogP) is 3.02. The van der Waals surface area contributed by atoms with Gasteiger partial charge in [0.25, 0.3) is 5.91 Å². The summed E-state index contributed by atoms with van der Waals surface area (Å²) >= 11 is 0. The molecule has 2 aromatic rings. The summed E-state index contributed by atoms with van der Waals surface area (Å²) in [7, 11) is 0. The fraction of sp³-hybridized carbons (Fsp3) is 0.389. The lowest BCUT2D eigenvalue weighted by Crippen LogP contribution is -2.22. The third-order valence-corrected chi connectivity index (χ3v) is 3.87. The zero-order valence-electron chi connectivity index (χ0n) is 14.4. The Morgan fingerprint density at radius 3 is 2.42 bits per heavy atom. The van der Waals surface area contributed by atoms with Crippen LogP contribution in [0.25, 0.3) is 0 Å². The summed E-state index contributed by atoms with van der Waals surface area (Å²) in [5.74, 6) is -0.0715. The van der Waals surface area contributed by atoms with Crippen LogP contribution in [0.3, 0.4) is 0 Å². The number of benzene rings is 1. The molecule has 0 atom stereocenters. The summed E-state index contributed by atoms with van der Waals surface area (Å²) in [6, 6.07) is 5.76. The Kier molecular flexibility index (Phi) is 5.73. The average Bonchev–Trinajstić information content (AvgIpc) is 2.85. The van der Waals surface area contributed by atoms with Gasteiger partial charge in [-0.1, -0.05) is 23.4 Å². The van der Waals surface area contributed by atoms with Gasteiger partial charge in [-0.15, -0.1) is 0 Å². The van der Waals surface area contributed by atoms with Gasteiger partial charge in [0.1, 0.15) is 5.76 Å². The highest BCUT2D eigenvalue weighted by atomic mass is 16.5. The Balaban J connectivity index is 1.80. The van der Waals surface area contributed by atoms with Gasteiger partial charge in [-0.05, 0) is 45.2 Å². The molecule has 1 N–H and O–H groups in total. The maximum absolute atomic E-state index is 11.9. The zero-order valence-corrected chi connectivity index (χ0v) is 14.4. The molecular weight excluding hydrogens is 308 g/mol. The van der Waals surface area contributed by atoms with Crippen molar-refractivity contribution in [3.8, 4) is 0 Å². The van der Waals surface area contributed by atoms with Crippen molar-refractivity contribution in [2.75, 3.05) is 11.9 Å². The van der Waals surface area contributed by atoms with Gasteiger partial charge in [0.2, 0.25) is 0 Å². The fourth-order valence-corrected chi connectivity index (χ4v) is 2.49. The highest BCUT2D eigenvalue weighted by molar-refractivity contribution is 5.94. The van der Waals surface area contributed by atoms with E-state index in [0.29, 0.717) is 12.2 Å². The fourth-order valence-electron chi connectivity index (χ4n) is 2.49. The molecular formula is C18H22N2O4. The molecule has 2 rings (SSSR count). The molecule has 0 unspecified atom stereocenters. The number of carbonyl (C=O) groups is 2. The second-order valence-electron chi connectivity index (χ2n) is 5.78. The number of hydrogen-bond acceptors (Lipinski definition) is 5. The standard InChI is InChI=1S/C18H22N2O4/c1-11-6-5-7-12(2)18(11)19-16(21)10-23-17(22)9-8-15-13(3)20-24-14(15)4/h5-7H,8-10H2,1-4H3,(H,19,21). The van der Waals surface area contributed by atoms with Gasteiger partial charge in [0, 0.05) is 17.7 Å². The topological polar surface area (TPSA) is 81.4 Å². The third kappa shape index (κ3) is 4.44. The van der Waals surface area contributed by atoms with Crippen LogP contribution in [0.4, 0.5) is 5.69 Å². The Morgan fingerprint density at radius 1 is 1.17 bits per heavy atom. The molecule has 0 saturated heterocycles. The van der Waals surface area contributed by atoms with E-state index in [-0.39, 0.29) is 18.9 Å². The van der Waals surface area contributed by atoms with Crippen LogP contribution in [0.5, 0.6) is 0 Å². The quantitative estimate of drug-likeness (QED) is 0.823. The van der Waals surface area contributed by atoms with Crippen LogP contribution in [0.1, 0.15) is 34.6 Å². The number of aryl methyl sites for hydroxylation is 4. The number of para-hydroxylation sites is 1. The number of aromatic nitrogens is 1. The van der Waals surface area contributed by atoms with Gasteiger partial charge in [-0.25, -0.2) is 0 Å². The SMILES string of the molecule is Cc1cccc(C)c1NC(=O)COC(=O)CCc1c(C)noc1C. The van der Waals surface area contributed by atoms with Crippen molar-refractivity contribution in [2.24, 2.45) is 0 Å². The Labute approximate surface area is 141 Å². The second kappa shape index (κ2) is 7.77. The summed E-state index contributed by atoms with van der Waals surface area (Å²) in [4.78, 5) is 23.7. The van der Waals surface area contributed by atoms with E-state index in [0.717, 1.165) is 28.1 Å². The molecule has 128 valence electrons. The van der Waals surface area contributed by atoms with Crippen LogP contribution in [0.2, 0.25) is 0 Å². The van der Waals surface area contributed by atoms with Gasteiger partial charge in [0.05, 0.1) is 5.69 Å². The normalized spacial score (nSPS) is 10.5. The van der Waals surface area contributed by atoms with E-state index in [1.807, 2.05) is 39.0 Å². The summed E-state index contributed by atoms with van der Waals surface area (Å²) < 4.78 is 10.1. The molecule has 24 heavy (non-hydrogen) atoms. The van der Waals surface area contributed by atoms with Crippen molar-refractivity contribution in [1.29, 1.82) is 0 Å². The van der Waals surface area contributed by atoms with Crippen molar-refractivity contribution in [3.63, 3.8) is 0 Å². The Hall–Kier alpha value is -2.63. The van der Waals surface area contributed by atoms with E-state index >= 15 is 0 Å². The Morgan fingerprint density at radius 2 is 1.83 bits per heavy atom. The molecule has 0 spiro atoms. The number of amides is 1. The second-order valence-corrected chi connectivity index (χ2v) is 5.78. The molecule has 6 heteroatoms. The van der Waals surface area contributed by atoms with E-state index in [2.05, 4.69) is 10.5 Å². The number of esters is 1. The molecule has 0 aliphatic rings. The van der Waals surface area contributed by atoms with Crippen LogP contribution in [-0.4, -0.2) is 23.6 Å². The first-order valence-corrected chi connectivity index (χ1v) is 7.82. The van der Waals surface area contributed by atoms with Gasteiger partial charge < -0.3 is 14.6 Å². The number of hydrogen-bond donors (Lipinski definition) is 1. The molecule has 0 fully saturated rings. The van der Waals surface area contributed by atoms with Gasteiger partial charge >= 0.3 is 5.97 Å². The molecule has 0 radical (unpaired) electrons. The zero-order chi connectivity index (χ0) is 17.7. The van der Waals surface area contributed by atoms with Crippen molar-refractivity contribution in [1.82, 2.24) is 5.16 Å². The van der Waals surface area contributed by atoms with Crippen molar-refractivity contribution in [2.45, 2.75) is 40.5 Å². The largest absolute Gasteiger partial charge is 0.456 e. The first-order valence-electron chi connectivity index (χ1n) is 7.82. The summed E-state index contributed by atoms with van der Waals surface area (Å²) in [5, 5.41) is 6.62. The van der Waals surface area contributed by atoms with Gasteiger partial charge in [-0.2, -0.15) is 0 Å². The average molecular weight is 330 g/mol. The number of nitrogens with one attached hydrogen (secondary N) is 1. The lowest BCUT2D eigenvalue weighted by Gasteiger charge is -2.11. The van der Waals surface area contributed by atoms with Crippen LogP contribution >= 0.6 is 0 Å². The first-order chi connectivity index (χ1) is 11.4. The predicted molar refractivity (Wildman–Crippen MR) is 89.8 cm³/mol. The lowest BCUT2D eigenvalue weighted by molar-refractivity contribution is -0.147. The summed E-state index contributed by atoms with van der Waals surface area (Å²) in [6.45, 7) is 7.17. The number of rotatable bonds is 6. The van der Waals surface area contributed by atoms with E-state index in [1.165, 1.54) is 0 Å². The minimum absolute atomic E-state index is 0.180. The van der Waals surface area contributed by atoms with Crippen LogP contribution in [-0.2, 0) is 20.7 Å². The van der Waals surface area contributed by atoms with Crippen LogP contribution in [0.15, 0.2) is 22.7 Å². The van der Waals surface area contributed by atoms with E-state index < -0.39 is 5.97 Å². The third-order valence-electron chi connectivity index (χ3n) is 3.87. The molecule has 0 aliphatic heterocycles. The van der Waals surface area contributed by atoms with Gasteiger partial charge in [-0.3, -0.25) is 9.59 Å². The molecule has 1 amide bonds. The molecule has 0 saturated carbocycles. The Bertz CT molecular complexity index is 710. The molecule has 0 aliphatic carbocycles. The van der Waals surface area contributed by atoms with Crippen LogP contribution < -0.4 is 5.32 Å². The maximum Gasteiger partial charge on any atom is 0.306 e. The van der Waals surface area contributed by atoms with Crippen LogP contribution in [0, 0.1) is 27.7 Å². The molecule has 6 nitrogen and oxygen atoms in total. The summed E-state index contributed by atoms with van der Waals surface area (Å²) in [6.07, 6.45) is 0.665. The van der Waals surface area contributed by atoms with Crippen molar-refractivity contribution < 1.29 is 18.8 Å². The smallest absolute Gasteiger partial charge is 0.306 e. The minimum Gasteiger partial charge on any atom is -0.456 e. The molecule has 1 heterocycles. The molecule has 1 aromatic heterocycles. The number of nitrogens with zero attached hydrogens (tertiary/aromatic N) is 1. The number of anilines is 1. The van der Waals surface area contributed by atoms with Gasteiger partial charge in [0.15, 0.2) is 6.61 Å².